The van der Waals surface area contributed by atoms with Crippen LogP contribution in [-0.4, -0.2) is 12.9 Å². The number of hydrogen-bond acceptors (Lipinski definition) is 4. The Hall–Kier alpha value is -1.33. The minimum atomic E-state index is -0.362. The molecule has 0 amide bonds. The summed E-state index contributed by atoms with van der Waals surface area (Å²) in [4.78, 5) is 11.6. The molecule has 2 heterocycles. The maximum Gasteiger partial charge on any atom is 0.350 e. The van der Waals surface area contributed by atoms with Crippen LogP contribution in [0.4, 0.5) is 0 Å². The minimum absolute atomic E-state index is 0.180. The SMILES string of the molecule is Cc1c(Br)c(=O)oc2ccc(O[C@H]3CCCCO3)cc12. The van der Waals surface area contributed by atoms with Crippen LogP contribution in [0.25, 0.3) is 11.0 Å². The maximum absolute atomic E-state index is 11.6. The molecule has 0 radical (unpaired) electrons. The van der Waals surface area contributed by atoms with Crippen molar-refractivity contribution in [2.24, 2.45) is 0 Å². The van der Waals surface area contributed by atoms with Crippen LogP contribution in [0.2, 0.25) is 0 Å². The van der Waals surface area contributed by atoms with Crippen LogP contribution in [0.5, 0.6) is 5.75 Å². The number of aryl methyl sites for hydroxylation is 1. The number of halogens is 1. The van der Waals surface area contributed by atoms with E-state index in [-0.39, 0.29) is 11.9 Å². The van der Waals surface area contributed by atoms with Gasteiger partial charge >= 0.3 is 5.63 Å². The summed E-state index contributed by atoms with van der Waals surface area (Å²) in [6, 6.07) is 5.45. The smallest absolute Gasteiger partial charge is 0.350 e. The number of ether oxygens (including phenoxy) is 2. The van der Waals surface area contributed by atoms with Crippen molar-refractivity contribution < 1.29 is 13.9 Å². The highest BCUT2D eigenvalue weighted by Gasteiger charge is 2.16. The highest BCUT2D eigenvalue weighted by molar-refractivity contribution is 9.10. The van der Waals surface area contributed by atoms with E-state index in [1.165, 1.54) is 0 Å². The van der Waals surface area contributed by atoms with Crippen molar-refractivity contribution in [1.82, 2.24) is 0 Å². The van der Waals surface area contributed by atoms with E-state index in [4.69, 9.17) is 13.9 Å². The molecule has 0 aliphatic carbocycles. The van der Waals surface area contributed by atoms with Gasteiger partial charge in [-0.2, -0.15) is 0 Å². The van der Waals surface area contributed by atoms with Gasteiger partial charge in [-0.05, 0) is 59.5 Å². The summed E-state index contributed by atoms with van der Waals surface area (Å²) in [5, 5.41) is 0.866. The summed E-state index contributed by atoms with van der Waals surface area (Å²) in [5.41, 5.74) is 1.05. The first-order valence-corrected chi connectivity index (χ1v) is 7.45. The second-order valence-corrected chi connectivity index (χ2v) is 5.69. The van der Waals surface area contributed by atoms with Gasteiger partial charge in [0.2, 0.25) is 0 Å². The lowest BCUT2D eigenvalue weighted by molar-refractivity contribution is -0.105. The maximum atomic E-state index is 11.6. The average Bonchev–Trinajstić information content (AvgIpc) is 2.47. The van der Waals surface area contributed by atoms with E-state index in [0.29, 0.717) is 10.1 Å². The van der Waals surface area contributed by atoms with Crippen LogP contribution in [0.15, 0.2) is 31.9 Å². The molecule has 1 aliphatic heterocycles. The molecule has 0 unspecified atom stereocenters. The van der Waals surface area contributed by atoms with Crippen molar-refractivity contribution in [3.8, 4) is 5.75 Å². The molecule has 0 bridgehead atoms. The lowest BCUT2D eigenvalue weighted by Gasteiger charge is -2.23. The molecule has 1 aromatic carbocycles. The van der Waals surface area contributed by atoms with Crippen LogP contribution >= 0.6 is 15.9 Å². The molecule has 106 valence electrons. The minimum Gasteiger partial charge on any atom is -0.465 e. The Morgan fingerprint density at radius 1 is 1.35 bits per heavy atom. The summed E-state index contributed by atoms with van der Waals surface area (Å²) in [5.74, 6) is 0.730. The van der Waals surface area contributed by atoms with E-state index in [2.05, 4.69) is 15.9 Å². The van der Waals surface area contributed by atoms with Crippen LogP contribution in [0.3, 0.4) is 0 Å². The molecular weight excluding hydrogens is 324 g/mol. The van der Waals surface area contributed by atoms with Gasteiger partial charge in [-0.1, -0.05) is 0 Å². The molecule has 20 heavy (non-hydrogen) atoms. The topological polar surface area (TPSA) is 48.7 Å². The van der Waals surface area contributed by atoms with Gasteiger partial charge in [0.05, 0.1) is 6.61 Å². The van der Waals surface area contributed by atoms with Crippen molar-refractivity contribution in [2.45, 2.75) is 32.5 Å². The Bertz CT molecular complexity index is 686. The molecule has 1 aliphatic rings. The molecule has 1 fully saturated rings. The third-order valence-electron chi connectivity index (χ3n) is 3.47. The van der Waals surface area contributed by atoms with Crippen LogP contribution in [0.1, 0.15) is 24.8 Å². The zero-order valence-corrected chi connectivity index (χ0v) is 12.7. The first kappa shape index (κ1) is 13.6. The van der Waals surface area contributed by atoms with Crippen molar-refractivity contribution in [2.75, 3.05) is 6.61 Å². The molecule has 1 saturated heterocycles. The van der Waals surface area contributed by atoms with Gasteiger partial charge in [0, 0.05) is 11.8 Å². The summed E-state index contributed by atoms with van der Waals surface area (Å²) in [6.07, 6.45) is 2.94. The number of benzene rings is 1. The quantitative estimate of drug-likeness (QED) is 0.782. The largest absolute Gasteiger partial charge is 0.465 e. The Balaban J connectivity index is 1.95. The summed E-state index contributed by atoms with van der Waals surface area (Å²) in [6.45, 7) is 2.63. The fourth-order valence-corrected chi connectivity index (χ4v) is 2.63. The first-order chi connectivity index (χ1) is 9.65. The molecule has 0 saturated carbocycles. The summed E-state index contributed by atoms with van der Waals surface area (Å²) in [7, 11) is 0. The van der Waals surface area contributed by atoms with Crippen molar-refractivity contribution >= 4 is 26.9 Å². The second-order valence-electron chi connectivity index (χ2n) is 4.90. The molecule has 4 nitrogen and oxygen atoms in total. The Labute approximate surface area is 124 Å². The van der Waals surface area contributed by atoms with Crippen molar-refractivity contribution in [1.29, 1.82) is 0 Å². The third-order valence-corrected chi connectivity index (χ3v) is 4.39. The van der Waals surface area contributed by atoms with Gasteiger partial charge in [-0.25, -0.2) is 4.79 Å². The summed E-state index contributed by atoms with van der Waals surface area (Å²) < 4.78 is 17.1. The fraction of sp³-hybridized carbons (Fsp3) is 0.400. The van der Waals surface area contributed by atoms with Gasteiger partial charge < -0.3 is 13.9 Å². The zero-order chi connectivity index (χ0) is 14.1. The highest BCUT2D eigenvalue weighted by Crippen LogP contribution is 2.28. The molecule has 5 heteroatoms. The third kappa shape index (κ3) is 2.60. The van der Waals surface area contributed by atoms with Gasteiger partial charge in [-0.3, -0.25) is 0 Å². The Morgan fingerprint density at radius 2 is 2.20 bits per heavy atom. The molecule has 1 atom stereocenters. The summed E-state index contributed by atoms with van der Waals surface area (Å²) >= 11 is 3.25. The molecule has 0 N–H and O–H groups in total. The predicted octanol–water partition coefficient (Wildman–Crippen LogP) is 3.77. The molecule has 1 aromatic heterocycles. The van der Waals surface area contributed by atoms with Crippen molar-refractivity contribution in [3.63, 3.8) is 0 Å². The first-order valence-electron chi connectivity index (χ1n) is 6.66. The highest BCUT2D eigenvalue weighted by atomic mass is 79.9. The van der Waals surface area contributed by atoms with Gasteiger partial charge in [-0.15, -0.1) is 0 Å². The van der Waals surface area contributed by atoms with Crippen LogP contribution in [-0.2, 0) is 4.74 Å². The lowest BCUT2D eigenvalue weighted by Crippen LogP contribution is -2.24. The molecule has 0 spiro atoms. The van der Waals surface area contributed by atoms with Gasteiger partial charge in [0.25, 0.3) is 0 Å². The van der Waals surface area contributed by atoms with E-state index >= 15 is 0 Å². The number of fused-ring (bicyclic) bond motifs is 1. The predicted molar refractivity (Wildman–Crippen MR) is 79.1 cm³/mol. The molecule has 3 rings (SSSR count). The van der Waals surface area contributed by atoms with E-state index in [0.717, 1.165) is 42.6 Å². The average molecular weight is 339 g/mol. The fourth-order valence-electron chi connectivity index (χ4n) is 2.34. The second kappa shape index (κ2) is 5.58. The number of rotatable bonds is 2. The van der Waals surface area contributed by atoms with E-state index < -0.39 is 0 Å². The normalized spacial score (nSPS) is 19.2. The zero-order valence-electron chi connectivity index (χ0n) is 11.1. The standard InChI is InChI=1S/C15H15BrO4/c1-9-11-8-10(19-13-4-2-3-7-18-13)5-6-12(11)20-15(17)14(9)16/h5-6,8,13H,2-4,7H2,1H3/t13-/m0/s1. The van der Waals surface area contributed by atoms with Crippen LogP contribution in [0, 0.1) is 6.92 Å². The van der Waals surface area contributed by atoms with E-state index in [9.17, 15) is 4.79 Å². The monoisotopic (exact) mass is 338 g/mol. The van der Waals surface area contributed by atoms with Crippen LogP contribution < -0.4 is 10.4 Å². The van der Waals surface area contributed by atoms with Crippen molar-refractivity contribution in [3.05, 3.63) is 38.7 Å². The lowest BCUT2D eigenvalue weighted by atomic mass is 10.1. The Kier molecular flexibility index (Phi) is 3.81. The van der Waals surface area contributed by atoms with Gasteiger partial charge in [0.15, 0.2) is 6.29 Å². The van der Waals surface area contributed by atoms with E-state index in [1.54, 1.807) is 12.1 Å². The number of hydrogen-bond donors (Lipinski definition) is 0. The van der Waals surface area contributed by atoms with E-state index in [1.807, 2.05) is 13.0 Å². The molecular formula is C15H15BrO4. The molecule has 2 aromatic rings. The van der Waals surface area contributed by atoms with Gasteiger partial charge in [0.1, 0.15) is 15.8 Å². The Morgan fingerprint density at radius 3 is 2.95 bits per heavy atom.